The monoisotopic (exact) mass is 455 g/mol. The Labute approximate surface area is 154 Å². The Morgan fingerprint density at radius 3 is 2.65 bits per heavy atom. The number of alkyl halides is 1. The zero-order chi connectivity index (χ0) is 17.2. The first kappa shape index (κ1) is 18.8. The highest BCUT2D eigenvalue weighted by atomic mass is 127. The van der Waals surface area contributed by atoms with Gasteiger partial charge >= 0.3 is 11.9 Å². The molecular formula is C15H22INO5S. The van der Waals surface area contributed by atoms with Crippen molar-refractivity contribution in [2.75, 3.05) is 6.79 Å². The number of rotatable bonds is 7. The number of β-lactam (4-membered cyclic amide) rings is 1. The lowest BCUT2D eigenvalue weighted by molar-refractivity contribution is -0.175. The molecule has 1 amide bonds. The van der Waals surface area contributed by atoms with Crippen molar-refractivity contribution in [1.29, 1.82) is 0 Å². The SMILES string of the molecule is CCCCCC(=O)OCOC(=O)[C@@H]1N2C(=O)[C@@H](I)[C@H]2SC1(C)C. The van der Waals surface area contributed by atoms with Gasteiger partial charge in [0, 0.05) is 11.2 Å². The van der Waals surface area contributed by atoms with Crippen molar-refractivity contribution in [3.05, 3.63) is 0 Å². The van der Waals surface area contributed by atoms with Gasteiger partial charge in [-0.15, -0.1) is 11.8 Å². The average Bonchev–Trinajstić information content (AvgIpc) is 2.75. The number of amides is 1. The maximum Gasteiger partial charge on any atom is 0.333 e. The first-order valence-corrected chi connectivity index (χ1v) is 9.88. The number of carbonyl (C=O) groups excluding carboxylic acids is 3. The van der Waals surface area contributed by atoms with E-state index in [-0.39, 0.29) is 28.0 Å². The fraction of sp³-hybridized carbons (Fsp3) is 0.800. The molecule has 6 nitrogen and oxygen atoms in total. The number of hydrogen-bond donors (Lipinski definition) is 0. The van der Waals surface area contributed by atoms with Crippen molar-refractivity contribution in [3.8, 4) is 0 Å². The predicted molar refractivity (Wildman–Crippen MR) is 95.1 cm³/mol. The standard InChI is InChI=1S/C15H22INO5S/c1-4-5-6-7-9(18)21-8-22-14(20)11-15(2,3)23-13-10(16)12(19)17(11)13/h10-11,13H,4-8H2,1-3H3/t10-,11+,13-/m1/s1. The molecule has 0 aliphatic carbocycles. The molecule has 2 aliphatic rings. The Morgan fingerprint density at radius 1 is 1.30 bits per heavy atom. The zero-order valence-corrected chi connectivity index (χ0v) is 16.5. The summed E-state index contributed by atoms with van der Waals surface area (Å²) in [6.07, 6.45) is 3.10. The van der Waals surface area contributed by atoms with E-state index in [2.05, 4.69) is 29.5 Å². The third-order valence-corrected chi connectivity index (χ3v) is 7.28. The average molecular weight is 455 g/mol. The van der Waals surface area contributed by atoms with E-state index in [1.165, 1.54) is 0 Å². The van der Waals surface area contributed by atoms with Crippen LogP contribution in [0.3, 0.4) is 0 Å². The van der Waals surface area contributed by atoms with Gasteiger partial charge in [0.15, 0.2) is 0 Å². The molecule has 0 aromatic rings. The van der Waals surface area contributed by atoms with E-state index >= 15 is 0 Å². The zero-order valence-electron chi connectivity index (χ0n) is 13.5. The third-order valence-electron chi connectivity index (χ3n) is 4.00. The van der Waals surface area contributed by atoms with Gasteiger partial charge in [-0.25, -0.2) is 4.79 Å². The van der Waals surface area contributed by atoms with Crippen LogP contribution in [0, 0.1) is 0 Å². The molecule has 0 radical (unpaired) electrons. The van der Waals surface area contributed by atoms with Gasteiger partial charge in [-0.2, -0.15) is 0 Å². The lowest BCUT2D eigenvalue weighted by Gasteiger charge is -2.41. The fourth-order valence-corrected chi connectivity index (χ4v) is 5.42. The minimum Gasteiger partial charge on any atom is -0.428 e. The summed E-state index contributed by atoms with van der Waals surface area (Å²) in [5.74, 6) is -0.910. The molecule has 8 heteroatoms. The maximum absolute atomic E-state index is 12.3. The minimum atomic E-state index is -0.630. The number of fused-ring (bicyclic) bond motifs is 1. The van der Waals surface area contributed by atoms with Crippen LogP contribution in [-0.4, -0.2) is 49.6 Å². The van der Waals surface area contributed by atoms with Crippen molar-refractivity contribution in [1.82, 2.24) is 4.90 Å². The molecule has 0 spiro atoms. The van der Waals surface area contributed by atoms with E-state index < -0.39 is 16.8 Å². The van der Waals surface area contributed by atoms with E-state index in [0.29, 0.717) is 6.42 Å². The molecule has 2 fully saturated rings. The van der Waals surface area contributed by atoms with Crippen LogP contribution in [0.2, 0.25) is 0 Å². The minimum absolute atomic E-state index is 0.0206. The molecule has 130 valence electrons. The van der Waals surface area contributed by atoms with Crippen LogP contribution >= 0.6 is 34.4 Å². The molecule has 23 heavy (non-hydrogen) atoms. The van der Waals surface area contributed by atoms with Crippen LogP contribution in [0.15, 0.2) is 0 Å². The highest BCUT2D eigenvalue weighted by Crippen LogP contribution is 2.53. The largest absolute Gasteiger partial charge is 0.428 e. The number of esters is 2. The van der Waals surface area contributed by atoms with E-state index in [1.807, 2.05) is 13.8 Å². The van der Waals surface area contributed by atoms with Crippen LogP contribution in [-0.2, 0) is 23.9 Å². The van der Waals surface area contributed by atoms with Crippen molar-refractivity contribution >= 4 is 52.2 Å². The third kappa shape index (κ3) is 3.94. The van der Waals surface area contributed by atoms with Crippen LogP contribution in [0.1, 0.15) is 46.5 Å². The number of nitrogens with zero attached hydrogens (tertiary/aromatic N) is 1. The highest BCUT2D eigenvalue weighted by molar-refractivity contribution is 14.1. The molecule has 0 aromatic heterocycles. The summed E-state index contributed by atoms with van der Waals surface area (Å²) in [5.41, 5.74) is 0. The van der Waals surface area contributed by atoms with E-state index in [9.17, 15) is 14.4 Å². The van der Waals surface area contributed by atoms with Gasteiger partial charge in [-0.1, -0.05) is 42.4 Å². The number of unbranched alkanes of at least 4 members (excludes halogenated alkanes) is 2. The summed E-state index contributed by atoms with van der Waals surface area (Å²) in [4.78, 5) is 37.4. The smallest absolute Gasteiger partial charge is 0.333 e. The van der Waals surface area contributed by atoms with Gasteiger partial charge < -0.3 is 14.4 Å². The van der Waals surface area contributed by atoms with Gasteiger partial charge in [0.1, 0.15) is 15.3 Å². The molecular weight excluding hydrogens is 433 g/mol. The molecule has 0 aromatic carbocycles. The number of halogens is 1. The second-order valence-corrected chi connectivity index (χ2v) is 9.33. The second-order valence-electron chi connectivity index (χ2n) is 6.22. The van der Waals surface area contributed by atoms with Crippen molar-refractivity contribution < 1.29 is 23.9 Å². The van der Waals surface area contributed by atoms with Gasteiger partial charge in [0.2, 0.25) is 12.7 Å². The first-order chi connectivity index (χ1) is 10.8. The topological polar surface area (TPSA) is 72.9 Å². The molecule has 0 bridgehead atoms. The van der Waals surface area contributed by atoms with Crippen LogP contribution in [0.4, 0.5) is 0 Å². The normalized spacial score (nSPS) is 28.1. The molecule has 0 saturated carbocycles. The van der Waals surface area contributed by atoms with E-state index in [4.69, 9.17) is 9.47 Å². The molecule has 3 atom stereocenters. The predicted octanol–water partition coefficient (Wildman–Crippen LogP) is 2.48. The lowest BCUT2D eigenvalue weighted by atomic mass is 9.98. The van der Waals surface area contributed by atoms with Gasteiger partial charge in [0.05, 0.1) is 0 Å². The Bertz CT molecular complexity index is 498. The molecule has 2 saturated heterocycles. The molecule has 2 heterocycles. The molecule has 2 rings (SSSR count). The first-order valence-electron chi connectivity index (χ1n) is 7.76. The van der Waals surface area contributed by atoms with E-state index in [0.717, 1.165) is 19.3 Å². The lowest BCUT2D eigenvalue weighted by Crippen LogP contribution is -2.63. The van der Waals surface area contributed by atoms with Crippen molar-refractivity contribution in [2.24, 2.45) is 0 Å². The van der Waals surface area contributed by atoms with Crippen LogP contribution < -0.4 is 0 Å². The summed E-state index contributed by atoms with van der Waals surface area (Å²) >= 11 is 3.71. The molecule has 2 aliphatic heterocycles. The quantitative estimate of drug-likeness (QED) is 0.147. The maximum atomic E-state index is 12.3. The van der Waals surface area contributed by atoms with Crippen LogP contribution in [0.5, 0.6) is 0 Å². The fourth-order valence-electron chi connectivity index (χ4n) is 2.77. The number of thioether (sulfide) groups is 1. The Balaban J connectivity index is 1.81. The number of hydrogen-bond acceptors (Lipinski definition) is 6. The van der Waals surface area contributed by atoms with Crippen molar-refractivity contribution in [2.45, 2.75) is 66.5 Å². The van der Waals surface area contributed by atoms with E-state index in [1.54, 1.807) is 16.7 Å². The number of carbonyl (C=O) groups is 3. The van der Waals surface area contributed by atoms with Gasteiger partial charge in [0.25, 0.3) is 0 Å². The summed E-state index contributed by atoms with van der Waals surface area (Å²) < 4.78 is 9.50. The van der Waals surface area contributed by atoms with Crippen molar-refractivity contribution in [3.63, 3.8) is 0 Å². The Morgan fingerprint density at radius 2 is 2.00 bits per heavy atom. The summed E-state index contributed by atoms with van der Waals surface area (Å²) in [7, 11) is 0. The van der Waals surface area contributed by atoms with Crippen LogP contribution in [0.25, 0.3) is 0 Å². The second kappa shape index (κ2) is 7.58. The molecule has 0 unspecified atom stereocenters. The Hall–Kier alpha value is -0.510. The summed E-state index contributed by atoms with van der Waals surface area (Å²) in [6, 6.07) is -0.630. The van der Waals surface area contributed by atoms with Gasteiger partial charge in [-0.3, -0.25) is 9.59 Å². The summed E-state index contributed by atoms with van der Waals surface area (Å²) in [6.45, 7) is 5.52. The Kier molecular flexibility index (Phi) is 6.21. The molecule has 0 N–H and O–H groups in total. The number of ether oxygens (including phenoxy) is 2. The highest BCUT2D eigenvalue weighted by Gasteiger charge is 2.63. The van der Waals surface area contributed by atoms with Gasteiger partial charge in [-0.05, 0) is 20.3 Å². The summed E-state index contributed by atoms with van der Waals surface area (Å²) in [5, 5.41) is 0.0206.